The number of aromatic nitrogens is 3. The zero-order valence-corrected chi connectivity index (χ0v) is 18.4. The van der Waals surface area contributed by atoms with Crippen LogP contribution in [0, 0.1) is 0 Å². The number of nitrogens with one attached hydrogen (secondary N) is 1. The van der Waals surface area contributed by atoms with Gasteiger partial charge in [-0.3, -0.25) is 0 Å². The maximum Gasteiger partial charge on any atom is 0.341 e. The Labute approximate surface area is 189 Å². The second-order valence-electron chi connectivity index (χ2n) is 6.69. The number of hydrogen-bond acceptors (Lipinski definition) is 9. The van der Waals surface area contributed by atoms with E-state index in [9.17, 15) is 4.79 Å². The van der Waals surface area contributed by atoms with Crippen LogP contribution in [0.2, 0.25) is 0 Å². The Morgan fingerprint density at radius 1 is 1.16 bits per heavy atom. The molecular weight excluding hydrogens is 432 g/mol. The Morgan fingerprint density at radius 3 is 2.78 bits per heavy atom. The summed E-state index contributed by atoms with van der Waals surface area (Å²) < 4.78 is 17.3. The van der Waals surface area contributed by atoms with Crippen LogP contribution in [0.1, 0.15) is 25.6 Å². The highest BCUT2D eigenvalue weighted by Gasteiger charge is 2.26. The smallest absolute Gasteiger partial charge is 0.341 e. The molecule has 1 aromatic heterocycles. The molecule has 2 aromatic carbocycles. The van der Waals surface area contributed by atoms with E-state index in [-0.39, 0.29) is 0 Å². The second-order valence-corrected chi connectivity index (χ2v) is 7.92. The molecule has 1 aliphatic heterocycles. The van der Waals surface area contributed by atoms with Crippen molar-refractivity contribution in [1.82, 2.24) is 15.2 Å². The van der Waals surface area contributed by atoms with Gasteiger partial charge in [0.05, 0.1) is 6.61 Å². The van der Waals surface area contributed by atoms with E-state index in [1.807, 2.05) is 38.1 Å². The molecule has 0 saturated carbocycles. The highest BCUT2D eigenvalue weighted by molar-refractivity contribution is 7.99. The van der Waals surface area contributed by atoms with Crippen LogP contribution in [0.5, 0.6) is 17.4 Å². The lowest BCUT2D eigenvalue weighted by molar-refractivity contribution is -0.139. The number of carbonyl (C=O) groups is 1. The first kappa shape index (κ1) is 21.7. The molecule has 1 aliphatic rings. The van der Waals surface area contributed by atoms with E-state index in [0.717, 1.165) is 22.6 Å². The number of aliphatic carboxylic acids is 1. The van der Waals surface area contributed by atoms with Gasteiger partial charge >= 0.3 is 5.97 Å². The van der Waals surface area contributed by atoms with Crippen molar-refractivity contribution in [3.05, 3.63) is 48.0 Å². The minimum atomic E-state index is -1.06. The van der Waals surface area contributed by atoms with Crippen LogP contribution in [0.4, 0.5) is 5.69 Å². The van der Waals surface area contributed by atoms with Gasteiger partial charge < -0.3 is 24.6 Å². The third-order valence-electron chi connectivity index (χ3n) is 4.53. The molecule has 3 aromatic rings. The summed E-state index contributed by atoms with van der Waals surface area (Å²) in [5.41, 5.74) is 2.97. The van der Waals surface area contributed by atoms with E-state index in [1.54, 1.807) is 18.2 Å². The highest BCUT2D eigenvalue weighted by atomic mass is 32.2. The Morgan fingerprint density at radius 2 is 2.00 bits per heavy atom. The van der Waals surface area contributed by atoms with Gasteiger partial charge in [-0.25, -0.2) is 4.79 Å². The van der Waals surface area contributed by atoms with E-state index in [2.05, 4.69) is 20.5 Å². The summed E-state index contributed by atoms with van der Waals surface area (Å²) in [4.78, 5) is 15.5. The summed E-state index contributed by atoms with van der Waals surface area (Å²) in [5, 5.41) is 21.4. The SMILES string of the molecule is CCOc1cc(C2Nc3ccccc3-c3nnc(SCC)nc3O2)ccc1OCC(=O)O. The highest BCUT2D eigenvalue weighted by Crippen LogP contribution is 2.40. The molecule has 0 aliphatic carbocycles. The molecule has 2 heterocycles. The summed E-state index contributed by atoms with van der Waals surface area (Å²) in [7, 11) is 0. The number of nitrogens with zero attached hydrogens (tertiary/aromatic N) is 3. The maximum atomic E-state index is 10.9. The number of thioether (sulfide) groups is 1. The first-order chi connectivity index (χ1) is 15.6. The topological polar surface area (TPSA) is 116 Å². The summed E-state index contributed by atoms with van der Waals surface area (Å²) in [6, 6.07) is 12.9. The molecular formula is C22H22N4O5S. The lowest BCUT2D eigenvalue weighted by Crippen LogP contribution is -2.17. The van der Waals surface area contributed by atoms with Gasteiger partial charge in [0.25, 0.3) is 0 Å². The molecule has 4 rings (SSSR count). The summed E-state index contributed by atoms with van der Waals surface area (Å²) in [6.07, 6.45) is -0.596. The van der Waals surface area contributed by atoms with Crippen LogP contribution in [0.3, 0.4) is 0 Å². The monoisotopic (exact) mass is 454 g/mol. The van der Waals surface area contributed by atoms with Crippen LogP contribution in [-0.4, -0.2) is 45.2 Å². The fourth-order valence-corrected chi connectivity index (χ4v) is 3.71. The molecule has 10 heteroatoms. The predicted molar refractivity (Wildman–Crippen MR) is 119 cm³/mol. The first-order valence-electron chi connectivity index (χ1n) is 10.1. The van der Waals surface area contributed by atoms with Crippen molar-refractivity contribution in [1.29, 1.82) is 0 Å². The molecule has 9 nitrogen and oxygen atoms in total. The molecule has 0 bridgehead atoms. The Kier molecular flexibility index (Phi) is 6.60. The fourth-order valence-electron chi connectivity index (χ4n) is 3.20. The molecule has 0 radical (unpaired) electrons. The van der Waals surface area contributed by atoms with Crippen LogP contribution < -0.4 is 19.5 Å². The lowest BCUT2D eigenvalue weighted by Gasteiger charge is -2.21. The van der Waals surface area contributed by atoms with Crippen molar-refractivity contribution in [2.45, 2.75) is 25.2 Å². The van der Waals surface area contributed by atoms with Crippen molar-refractivity contribution in [3.8, 4) is 28.6 Å². The van der Waals surface area contributed by atoms with E-state index in [1.165, 1.54) is 11.8 Å². The Hall–Kier alpha value is -3.53. The first-order valence-corrected chi connectivity index (χ1v) is 11.1. The van der Waals surface area contributed by atoms with Gasteiger partial charge in [0, 0.05) is 16.8 Å². The normalized spacial score (nSPS) is 14.2. The van der Waals surface area contributed by atoms with E-state index < -0.39 is 18.8 Å². The fraction of sp³-hybridized carbons (Fsp3) is 0.273. The number of benzene rings is 2. The number of carboxylic acid groups (broad SMARTS) is 1. The van der Waals surface area contributed by atoms with E-state index in [4.69, 9.17) is 19.3 Å². The number of fused-ring (bicyclic) bond motifs is 3. The van der Waals surface area contributed by atoms with Gasteiger partial charge in [0.15, 0.2) is 30.0 Å². The maximum absolute atomic E-state index is 10.9. The summed E-state index contributed by atoms with van der Waals surface area (Å²) in [6.45, 7) is 3.80. The molecule has 0 fully saturated rings. The van der Waals surface area contributed by atoms with Crippen molar-refractivity contribution in [3.63, 3.8) is 0 Å². The number of hydrogen-bond donors (Lipinski definition) is 2. The third-order valence-corrected chi connectivity index (χ3v) is 5.25. The average molecular weight is 455 g/mol. The largest absolute Gasteiger partial charge is 0.490 e. The van der Waals surface area contributed by atoms with Gasteiger partial charge in [0.2, 0.25) is 11.0 Å². The summed E-state index contributed by atoms with van der Waals surface area (Å²) in [5.74, 6) is 0.901. The number of anilines is 1. The zero-order chi connectivity index (χ0) is 22.5. The van der Waals surface area contributed by atoms with Gasteiger partial charge in [0.1, 0.15) is 0 Å². The quantitative estimate of drug-likeness (QED) is 0.484. The van der Waals surface area contributed by atoms with Crippen molar-refractivity contribution >= 4 is 23.4 Å². The van der Waals surface area contributed by atoms with E-state index in [0.29, 0.717) is 34.8 Å². The second kappa shape index (κ2) is 9.73. The molecule has 1 atom stereocenters. The lowest BCUT2D eigenvalue weighted by atomic mass is 10.1. The number of ether oxygens (including phenoxy) is 3. The molecule has 32 heavy (non-hydrogen) atoms. The van der Waals surface area contributed by atoms with Gasteiger partial charge in [-0.15, -0.1) is 10.2 Å². The van der Waals surface area contributed by atoms with Crippen LogP contribution in [-0.2, 0) is 4.79 Å². The van der Waals surface area contributed by atoms with Crippen LogP contribution in [0.15, 0.2) is 47.6 Å². The molecule has 0 saturated heterocycles. The minimum absolute atomic E-state index is 0.345. The zero-order valence-electron chi connectivity index (χ0n) is 17.6. The molecule has 0 spiro atoms. The predicted octanol–water partition coefficient (Wildman–Crippen LogP) is 4.02. The molecule has 1 unspecified atom stereocenters. The van der Waals surface area contributed by atoms with Crippen LogP contribution in [0.25, 0.3) is 11.3 Å². The number of para-hydroxylation sites is 1. The Balaban J connectivity index is 1.73. The molecule has 2 N–H and O–H groups in total. The number of rotatable bonds is 8. The van der Waals surface area contributed by atoms with Gasteiger partial charge in [-0.2, -0.15) is 4.98 Å². The Bertz CT molecular complexity index is 1130. The standard InChI is InChI=1S/C22H22N4O5S/c1-3-29-17-11-13(9-10-16(17)30-12-18(27)28)20-23-15-8-6-5-7-14(15)19-21(31-20)24-22(26-25-19)32-4-2/h5-11,20,23H,3-4,12H2,1-2H3,(H,27,28). The van der Waals surface area contributed by atoms with Gasteiger partial charge in [-0.1, -0.05) is 36.9 Å². The molecule has 166 valence electrons. The van der Waals surface area contributed by atoms with Crippen molar-refractivity contribution in [2.24, 2.45) is 0 Å². The summed E-state index contributed by atoms with van der Waals surface area (Å²) >= 11 is 1.48. The van der Waals surface area contributed by atoms with Crippen LogP contribution >= 0.6 is 11.8 Å². The number of carboxylic acids is 1. The van der Waals surface area contributed by atoms with Crippen molar-refractivity contribution in [2.75, 3.05) is 24.3 Å². The average Bonchev–Trinajstić information content (AvgIpc) is 2.95. The molecule has 0 amide bonds. The minimum Gasteiger partial charge on any atom is -0.490 e. The van der Waals surface area contributed by atoms with Crippen molar-refractivity contribution < 1.29 is 24.1 Å². The third kappa shape index (κ3) is 4.70. The van der Waals surface area contributed by atoms with E-state index >= 15 is 0 Å². The van der Waals surface area contributed by atoms with Gasteiger partial charge in [-0.05, 0) is 36.9 Å².